The summed E-state index contributed by atoms with van der Waals surface area (Å²) in [5, 5.41) is 7.68. The van der Waals surface area contributed by atoms with Gasteiger partial charge in [-0.15, -0.1) is 0 Å². The van der Waals surface area contributed by atoms with Crippen LogP contribution in [0.2, 0.25) is 0 Å². The first-order chi connectivity index (χ1) is 14.1. The Balaban J connectivity index is 1.36. The van der Waals surface area contributed by atoms with Crippen LogP contribution in [0.5, 0.6) is 0 Å². The topological polar surface area (TPSA) is 70.8 Å². The molecule has 0 unspecified atom stereocenters. The van der Waals surface area contributed by atoms with Gasteiger partial charge in [0, 0.05) is 38.2 Å². The summed E-state index contributed by atoms with van der Waals surface area (Å²) in [4.78, 5) is 17.1. The van der Waals surface area contributed by atoms with Gasteiger partial charge in [0.15, 0.2) is 5.82 Å². The van der Waals surface area contributed by atoms with E-state index in [1.165, 1.54) is 0 Å². The first kappa shape index (κ1) is 19.9. The molecule has 0 atom stereocenters. The van der Waals surface area contributed by atoms with Crippen molar-refractivity contribution in [2.45, 2.75) is 39.7 Å². The molecule has 1 aromatic heterocycles. The third-order valence-electron chi connectivity index (χ3n) is 5.87. The molecule has 1 aromatic carbocycles. The molecule has 0 spiro atoms. The van der Waals surface area contributed by atoms with Gasteiger partial charge in [-0.1, -0.05) is 23.4 Å². The minimum Gasteiger partial charge on any atom is -0.379 e. The minimum atomic E-state index is 0.211. The molecular weight excluding hydrogens is 368 g/mol. The van der Waals surface area contributed by atoms with Gasteiger partial charge in [0.1, 0.15) is 5.76 Å². The van der Waals surface area contributed by atoms with Crippen molar-refractivity contribution in [2.24, 2.45) is 0 Å². The van der Waals surface area contributed by atoms with Crippen molar-refractivity contribution in [3.8, 4) is 0 Å². The SMILES string of the molecule is Cc1cccc(C)c1Nc1noc2c1CN(C(=O)CCCN1CCOCC1)CC2. The second-order valence-electron chi connectivity index (χ2n) is 7.95. The number of aryl methyl sites for hydroxylation is 2. The number of anilines is 2. The van der Waals surface area contributed by atoms with E-state index < -0.39 is 0 Å². The molecule has 0 aliphatic carbocycles. The maximum absolute atomic E-state index is 12.8. The number of nitrogens with zero attached hydrogens (tertiary/aromatic N) is 3. The normalized spacial score (nSPS) is 17.2. The Labute approximate surface area is 172 Å². The zero-order valence-corrected chi connectivity index (χ0v) is 17.4. The average molecular weight is 399 g/mol. The molecule has 3 heterocycles. The van der Waals surface area contributed by atoms with Crippen LogP contribution in [0.3, 0.4) is 0 Å². The largest absolute Gasteiger partial charge is 0.379 e. The molecule has 7 nitrogen and oxygen atoms in total. The lowest BCUT2D eigenvalue weighted by Crippen LogP contribution is -2.38. The van der Waals surface area contributed by atoms with Gasteiger partial charge in [0.05, 0.1) is 25.3 Å². The summed E-state index contributed by atoms with van der Waals surface area (Å²) in [7, 11) is 0. The number of ether oxygens (including phenoxy) is 1. The quantitative estimate of drug-likeness (QED) is 0.807. The first-order valence-electron chi connectivity index (χ1n) is 10.5. The summed E-state index contributed by atoms with van der Waals surface area (Å²) in [6, 6.07) is 6.20. The van der Waals surface area contributed by atoms with Crippen molar-refractivity contribution in [2.75, 3.05) is 44.7 Å². The number of hydrogen-bond donors (Lipinski definition) is 1. The van der Waals surface area contributed by atoms with Gasteiger partial charge in [-0.25, -0.2) is 0 Å². The summed E-state index contributed by atoms with van der Waals surface area (Å²) < 4.78 is 10.9. The molecule has 2 aromatic rings. The van der Waals surface area contributed by atoms with Crippen molar-refractivity contribution >= 4 is 17.4 Å². The molecule has 0 saturated carbocycles. The molecule has 1 amide bonds. The van der Waals surface area contributed by atoms with E-state index in [9.17, 15) is 4.79 Å². The van der Waals surface area contributed by atoms with Crippen molar-refractivity contribution in [3.63, 3.8) is 0 Å². The van der Waals surface area contributed by atoms with Gasteiger partial charge in [-0.2, -0.15) is 0 Å². The van der Waals surface area contributed by atoms with Crippen LogP contribution >= 0.6 is 0 Å². The number of morpholine rings is 1. The fourth-order valence-corrected chi connectivity index (χ4v) is 4.09. The first-order valence-corrected chi connectivity index (χ1v) is 10.5. The Hall–Kier alpha value is -2.38. The predicted molar refractivity (Wildman–Crippen MR) is 111 cm³/mol. The van der Waals surface area contributed by atoms with Crippen LogP contribution in [0.1, 0.15) is 35.3 Å². The molecule has 2 aliphatic heterocycles. The third-order valence-corrected chi connectivity index (χ3v) is 5.87. The maximum atomic E-state index is 12.8. The second kappa shape index (κ2) is 8.97. The van der Waals surface area contributed by atoms with Gasteiger partial charge in [-0.3, -0.25) is 9.69 Å². The molecule has 4 rings (SSSR count). The highest BCUT2D eigenvalue weighted by molar-refractivity contribution is 5.77. The Morgan fingerprint density at radius 1 is 1.17 bits per heavy atom. The number of para-hydroxylation sites is 1. The van der Waals surface area contributed by atoms with Gasteiger partial charge in [0.25, 0.3) is 0 Å². The molecule has 0 radical (unpaired) electrons. The number of aromatic nitrogens is 1. The van der Waals surface area contributed by atoms with E-state index in [4.69, 9.17) is 9.26 Å². The average Bonchev–Trinajstić information content (AvgIpc) is 3.13. The Kier molecular flexibility index (Phi) is 6.16. The lowest BCUT2D eigenvalue weighted by molar-refractivity contribution is -0.132. The van der Waals surface area contributed by atoms with E-state index in [0.29, 0.717) is 25.9 Å². The number of carbonyl (C=O) groups is 1. The number of rotatable bonds is 6. The van der Waals surface area contributed by atoms with Crippen LogP contribution in [-0.2, 0) is 22.5 Å². The van der Waals surface area contributed by atoms with E-state index in [0.717, 1.165) is 73.2 Å². The fraction of sp³-hybridized carbons (Fsp3) is 0.545. The van der Waals surface area contributed by atoms with Gasteiger partial charge >= 0.3 is 0 Å². The van der Waals surface area contributed by atoms with Crippen molar-refractivity contribution in [3.05, 3.63) is 40.6 Å². The number of nitrogens with one attached hydrogen (secondary N) is 1. The van der Waals surface area contributed by atoms with Crippen LogP contribution < -0.4 is 5.32 Å². The molecule has 0 bridgehead atoms. The standard InChI is InChI=1S/C22H30N4O3/c1-16-5-3-6-17(2)21(16)23-22-18-15-26(10-8-19(18)29-24-22)20(27)7-4-9-25-11-13-28-14-12-25/h3,5-6H,4,7-15H2,1-2H3,(H,23,24). The summed E-state index contributed by atoms with van der Waals surface area (Å²) in [5.41, 5.74) is 4.38. The van der Waals surface area contributed by atoms with E-state index >= 15 is 0 Å². The smallest absolute Gasteiger partial charge is 0.222 e. The van der Waals surface area contributed by atoms with E-state index in [1.54, 1.807) is 0 Å². The lowest BCUT2D eigenvalue weighted by atomic mass is 10.1. The highest BCUT2D eigenvalue weighted by Crippen LogP contribution is 2.31. The van der Waals surface area contributed by atoms with Crippen LogP contribution in [0.4, 0.5) is 11.5 Å². The van der Waals surface area contributed by atoms with Gasteiger partial charge in [-0.05, 0) is 37.9 Å². The fourth-order valence-electron chi connectivity index (χ4n) is 4.09. The van der Waals surface area contributed by atoms with Crippen molar-refractivity contribution < 1.29 is 14.1 Å². The number of fused-ring (bicyclic) bond motifs is 1. The summed E-state index contributed by atoms with van der Waals surface area (Å²) in [6.07, 6.45) is 2.18. The van der Waals surface area contributed by atoms with E-state index in [-0.39, 0.29) is 5.91 Å². The molecule has 29 heavy (non-hydrogen) atoms. The Morgan fingerprint density at radius 3 is 2.69 bits per heavy atom. The van der Waals surface area contributed by atoms with Crippen LogP contribution in [0, 0.1) is 13.8 Å². The zero-order valence-electron chi connectivity index (χ0n) is 17.4. The summed E-state index contributed by atoms with van der Waals surface area (Å²) in [6.45, 7) is 9.90. The molecule has 7 heteroatoms. The minimum absolute atomic E-state index is 0.211. The van der Waals surface area contributed by atoms with Crippen molar-refractivity contribution in [1.82, 2.24) is 15.0 Å². The molecule has 2 aliphatic rings. The molecule has 1 N–H and O–H groups in total. The highest BCUT2D eigenvalue weighted by atomic mass is 16.5. The molecule has 156 valence electrons. The number of hydrogen-bond acceptors (Lipinski definition) is 6. The maximum Gasteiger partial charge on any atom is 0.222 e. The zero-order chi connectivity index (χ0) is 20.2. The summed E-state index contributed by atoms with van der Waals surface area (Å²) >= 11 is 0. The molecule has 1 saturated heterocycles. The third kappa shape index (κ3) is 4.62. The van der Waals surface area contributed by atoms with Gasteiger partial charge in [0.2, 0.25) is 5.91 Å². The second-order valence-corrected chi connectivity index (χ2v) is 7.95. The van der Waals surface area contributed by atoms with Gasteiger partial charge < -0.3 is 19.5 Å². The number of amides is 1. The van der Waals surface area contributed by atoms with Crippen molar-refractivity contribution in [1.29, 1.82) is 0 Å². The van der Waals surface area contributed by atoms with E-state index in [1.807, 2.05) is 11.0 Å². The molecule has 1 fully saturated rings. The lowest BCUT2D eigenvalue weighted by Gasteiger charge is -2.28. The Bertz CT molecular complexity index is 837. The number of carbonyl (C=O) groups excluding carboxylic acids is 1. The molecular formula is C22H30N4O3. The van der Waals surface area contributed by atoms with Crippen LogP contribution in [0.15, 0.2) is 22.7 Å². The Morgan fingerprint density at radius 2 is 1.93 bits per heavy atom. The predicted octanol–water partition coefficient (Wildman–Crippen LogP) is 3.03. The number of benzene rings is 1. The van der Waals surface area contributed by atoms with E-state index in [2.05, 4.69) is 41.4 Å². The summed E-state index contributed by atoms with van der Waals surface area (Å²) in [5.74, 6) is 1.82. The highest BCUT2D eigenvalue weighted by Gasteiger charge is 2.27. The van der Waals surface area contributed by atoms with Crippen LogP contribution in [0.25, 0.3) is 0 Å². The monoisotopic (exact) mass is 398 g/mol. The van der Waals surface area contributed by atoms with Crippen LogP contribution in [-0.4, -0.2) is 60.3 Å².